The minimum atomic E-state index is 0.436. The summed E-state index contributed by atoms with van der Waals surface area (Å²) in [5, 5.41) is 4.08. The number of hydrogen-bond donors (Lipinski definition) is 0. The lowest BCUT2D eigenvalue weighted by atomic mass is 10.2. The van der Waals surface area contributed by atoms with E-state index in [4.69, 9.17) is 14.0 Å². The minimum Gasteiger partial charge on any atom is -0.497 e. The maximum atomic E-state index is 5.86. The molecule has 25 heavy (non-hydrogen) atoms. The van der Waals surface area contributed by atoms with Crippen LogP contribution in [0.5, 0.6) is 11.5 Å². The third-order valence-corrected chi connectivity index (χ3v) is 3.69. The molecule has 0 N–H and O–H groups in total. The monoisotopic (exact) mass is 339 g/mol. The van der Waals surface area contributed by atoms with E-state index in [9.17, 15) is 0 Å². The Morgan fingerprint density at radius 2 is 1.80 bits per heavy atom. The second kappa shape index (κ2) is 7.81. The van der Waals surface area contributed by atoms with Crippen LogP contribution in [0.1, 0.15) is 0 Å². The summed E-state index contributed by atoms with van der Waals surface area (Å²) in [4.78, 5) is 6.57. The minimum absolute atomic E-state index is 0.436. The van der Waals surface area contributed by atoms with Crippen LogP contribution in [0.15, 0.2) is 53.1 Å². The quantitative estimate of drug-likeness (QED) is 0.658. The van der Waals surface area contributed by atoms with Crippen LogP contribution >= 0.6 is 0 Å². The van der Waals surface area contributed by atoms with Crippen molar-refractivity contribution in [3.8, 4) is 34.3 Å². The number of para-hydroxylation sites is 1. The molecule has 0 amide bonds. The van der Waals surface area contributed by atoms with Crippen LogP contribution in [-0.4, -0.2) is 49.4 Å². The summed E-state index contributed by atoms with van der Waals surface area (Å²) >= 11 is 0. The largest absolute Gasteiger partial charge is 0.497 e. The fourth-order valence-corrected chi connectivity index (χ4v) is 2.30. The highest BCUT2D eigenvalue weighted by Crippen LogP contribution is 2.30. The van der Waals surface area contributed by atoms with Crippen LogP contribution in [0.2, 0.25) is 0 Å². The molecule has 1 heterocycles. The molecule has 0 aliphatic rings. The molecular formula is C19H21N3O3. The van der Waals surface area contributed by atoms with Crippen molar-refractivity contribution in [1.29, 1.82) is 0 Å². The molecule has 0 atom stereocenters. The van der Waals surface area contributed by atoms with E-state index in [0.717, 1.165) is 29.2 Å². The summed E-state index contributed by atoms with van der Waals surface area (Å²) in [6, 6.07) is 15.2. The second-order valence-corrected chi connectivity index (χ2v) is 5.80. The van der Waals surface area contributed by atoms with E-state index >= 15 is 0 Å². The van der Waals surface area contributed by atoms with E-state index in [0.29, 0.717) is 18.3 Å². The first-order chi connectivity index (χ1) is 12.2. The van der Waals surface area contributed by atoms with E-state index in [2.05, 4.69) is 15.0 Å². The van der Waals surface area contributed by atoms with Gasteiger partial charge in [-0.25, -0.2) is 0 Å². The van der Waals surface area contributed by atoms with Gasteiger partial charge in [-0.05, 0) is 50.5 Å². The van der Waals surface area contributed by atoms with E-state index in [1.54, 1.807) is 7.11 Å². The molecule has 0 saturated carbocycles. The highest BCUT2D eigenvalue weighted by molar-refractivity contribution is 5.65. The average Bonchev–Trinajstić information content (AvgIpc) is 3.12. The molecular weight excluding hydrogens is 318 g/mol. The summed E-state index contributed by atoms with van der Waals surface area (Å²) in [7, 11) is 5.65. The van der Waals surface area contributed by atoms with Gasteiger partial charge in [-0.15, -0.1) is 0 Å². The number of likely N-dealkylation sites (N-methyl/N-ethyl adjacent to an activating group) is 1. The first-order valence-electron chi connectivity index (χ1n) is 8.02. The number of hydrogen-bond acceptors (Lipinski definition) is 6. The zero-order valence-corrected chi connectivity index (χ0v) is 14.6. The molecule has 1 aromatic heterocycles. The molecule has 3 rings (SSSR count). The van der Waals surface area contributed by atoms with Crippen LogP contribution < -0.4 is 9.47 Å². The summed E-state index contributed by atoms with van der Waals surface area (Å²) in [5.74, 6) is 2.48. The number of benzene rings is 2. The predicted octanol–water partition coefficient (Wildman–Crippen LogP) is 3.35. The fourth-order valence-electron chi connectivity index (χ4n) is 2.30. The average molecular weight is 339 g/mol. The number of nitrogens with zero attached hydrogens (tertiary/aromatic N) is 3. The number of methoxy groups -OCH3 is 1. The van der Waals surface area contributed by atoms with Gasteiger partial charge >= 0.3 is 0 Å². The first kappa shape index (κ1) is 17.0. The van der Waals surface area contributed by atoms with Gasteiger partial charge in [-0.2, -0.15) is 4.98 Å². The predicted molar refractivity (Wildman–Crippen MR) is 95.8 cm³/mol. The summed E-state index contributed by atoms with van der Waals surface area (Å²) in [6.07, 6.45) is 0. The molecule has 0 fully saturated rings. The molecule has 0 radical (unpaired) electrons. The molecule has 3 aromatic rings. The summed E-state index contributed by atoms with van der Waals surface area (Å²) < 4.78 is 16.5. The topological polar surface area (TPSA) is 60.6 Å². The standard InChI is InChI=1S/C19H21N3O3/c1-22(2)12-13-24-17-7-5-4-6-16(17)19-20-18(21-25-19)14-8-10-15(23-3)11-9-14/h4-11H,12-13H2,1-3H3. The van der Waals surface area contributed by atoms with Gasteiger partial charge in [0.25, 0.3) is 5.89 Å². The van der Waals surface area contributed by atoms with Gasteiger partial charge in [0.15, 0.2) is 0 Å². The van der Waals surface area contributed by atoms with Gasteiger partial charge in [0.05, 0.1) is 12.7 Å². The molecule has 0 saturated heterocycles. The SMILES string of the molecule is COc1ccc(-c2noc(-c3ccccc3OCCN(C)C)n2)cc1. The molecule has 0 bridgehead atoms. The highest BCUT2D eigenvalue weighted by Gasteiger charge is 2.15. The van der Waals surface area contributed by atoms with Gasteiger partial charge < -0.3 is 18.9 Å². The van der Waals surface area contributed by atoms with Crippen LogP contribution in [0, 0.1) is 0 Å². The Labute approximate surface area is 147 Å². The van der Waals surface area contributed by atoms with Gasteiger partial charge in [-0.3, -0.25) is 0 Å². The number of ether oxygens (including phenoxy) is 2. The van der Waals surface area contributed by atoms with E-state index in [-0.39, 0.29) is 0 Å². The zero-order valence-electron chi connectivity index (χ0n) is 14.6. The second-order valence-electron chi connectivity index (χ2n) is 5.80. The lowest BCUT2D eigenvalue weighted by Crippen LogP contribution is -2.19. The lowest BCUT2D eigenvalue weighted by molar-refractivity contribution is 0.261. The van der Waals surface area contributed by atoms with Crippen molar-refractivity contribution in [2.45, 2.75) is 0 Å². The molecule has 0 unspecified atom stereocenters. The van der Waals surface area contributed by atoms with Crippen LogP contribution in [0.3, 0.4) is 0 Å². The maximum Gasteiger partial charge on any atom is 0.262 e. The molecule has 6 nitrogen and oxygen atoms in total. The Hall–Kier alpha value is -2.86. The van der Waals surface area contributed by atoms with E-state index < -0.39 is 0 Å². The van der Waals surface area contributed by atoms with Crippen molar-refractivity contribution < 1.29 is 14.0 Å². The molecule has 0 spiro atoms. The molecule has 0 aliphatic carbocycles. The smallest absolute Gasteiger partial charge is 0.262 e. The van der Waals surface area contributed by atoms with Gasteiger partial charge in [0.1, 0.15) is 18.1 Å². The zero-order chi connectivity index (χ0) is 17.6. The normalized spacial score (nSPS) is 10.9. The Bertz CT molecular complexity index is 813. The van der Waals surface area contributed by atoms with Gasteiger partial charge in [0.2, 0.25) is 5.82 Å². The Balaban J connectivity index is 1.82. The Morgan fingerprint density at radius 3 is 2.52 bits per heavy atom. The Morgan fingerprint density at radius 1 is 1.04 bits per heavy atom. The third kappa shape index (κ3) is 4.16. The van der Waals surface area contributed by atoms with E-state index in [1.807, 2.05) is 62.6 Å². The van der Waals surface area contributed by atoms with Crippen molar-refractivity contribution in [2.75, 3.05) is 34.4 Å². The van der Waals surface area contributed by atoms with Crippen molar-refractivity contribution in [2.24, 2.45) is 0 Å². The van der Waals surface area contributed by atoms with Crippen molar-refractivity contribution >= 4 is 0 Å². The molecule has 130 valence electrons. The maximum absolute atomic E-state index is 5.86. The van der Waals surface area contributed by atoms with Crippen LogP contribution in [-0.2, 0) is 0 Å². The van der Waals surface area contributed by atoms with Crippen molar-refractivity contribution in [3.05, 3.63) is 48.5 Å². The Kier molecular flexibility index (Phi) is 5.30. The number of aromatic nitrogens is 2. The van der Waals surface area contributed by atoms with Crippen LogP contribution in [0.25, 0.3) is 22.8 Å². The summed E-state index contributed by atoms with van der Waals surface area (Å²) in [6.45, 7) is 1.42. The van der Waals surface area contributed by atoms with Crippen molar-refractivity contribution in [1.82, 2.24) is 15.0 Å². The fraction of sp³-hybridized carbons (Fsp3) is 0.263. The molecule has 2 aromatic carbocycles. The number of rotatable bonds is 7. The summed E-state index contributed by atoms with van der Waals surface area (Å²) in [5.41, 5.74) is 1.65. The molecule has 0 aliphatic heterocycles. The van der Waals surface area contributed by atoms with Crippen molar-refractivity contribution in [3.63, 3.8) is 0 Å². The van der Waals surface area contributed by atoms with Crippen LogP contribution in [0.4, 0.5) is 0 Å². The van der Waals surface area contributed by atoms with Gasteiger partial charge in [0, 0.05) is 12.1 Å². The molecule has 6 heteroatoms. The third-order valence-electron chi connectivity index (χ3n) is 3.69. The van der Waals surface area contributed by atoms with E-state index in [1.165, 1.54) is 0 Å². The van der Waals surface area contributed by atoms with Gasteiger partial charge in [-0.1, -0.05) is 17.3 Å². The first-order valence-corrected chi connectivity index (χ1v) is 8.02. The highest BCUT2D eigenvalue weighted by atomic mass is 16.5. The lowest BCUT2D eigenvalue weighted by Gasteiger charge is -2.12.